The van der Waals surface area contributed by atoms with E-state index in [0.29, 0.717) is 17.7 Å². The third-order valence-electron chi connectivity index (χ3n) is 3.15. The molecule has 0 spiro atoms. The van der Waals surface area contributed by atoms with Crippen molar-refractivity contribution < 1.29 is 19.6 Å². The number of hydroxylamine groups is 2. The molecular formula is C14H16N2O4. The van der Waals surface area contributed by atoms with Crippen LogP contribution in [0.25, 0.3) is 0 Å². The van der Waals surface area contributed by atoms with Crippen molar-refractivity contribution in [3.05, 3.63) is 29.3 Å². The first-order chi connectivity index (χ1) is 9.52. The molecule has 0 unspecified atom stereocenters. The number of anilines is 1. The van der Waals surface area contributed by atoms with Crippen molar-refractivity contribution in [3.63, 3.8) is 0 Å². The number of rotatable bonds is 4. The topological polar surface area (TPSA) is 86.7 Å². The van der Waals surface area contributed by atoms with Crippen LogP contribution in [0, 0.1) is 0 Å². The normalized spacial score (nSPS) is 14.2. The molecule has 0 bridgehead atoms. The lowest BCUT2D eigenvalue weighted by molar-refractivity contribution is -0.154. The second-order valence-corrected chi connectivity index (χ2v) is 4.71. The molecular weight excluding hydrogens is 260 g/mol. The van der Waals surface area contributed by atoms with Crippen LogP contribution in [0.1, 0.15) is 42.1 Å². The first-order valence-corrected chi connectivity index (χ1v) is 6.52. The SMILES string of the molecule is CCCCC(=O)Nc1ccc2c(c1)C(=O)N(O)C(=O)C2. The van der Waals surface area contributed by atoms with Crippen LogP contribution < -0.4 is 5.32 Å². The van der Waals surface area contributed by atoms with Crippen molar-refractivity contribution in [2.24, 2.45) is 0 Å². The van der Waals surface area contributed by atoms with Crippen LogP contribution in [0.3, 0.4) is 0 Å². The summed E-state index contributed by atoms with van der Waals surface area (Å²) in [6.07, 6.45) is 2.13. The van der Waals surface area contributed by atoms with Crippen molar-refractivity contribution >= 4 is 23.4 Å². The summed E-state index contributed by atoms with van der Waals surface area (Å²) in [7, 11) is 0. The van der Waals surface area contributed by atoms with E-state index in [0.717, 1.165) is 12.8 Å². The molecule has 1 aromatic carbocycles. The van der Waals surface area contributed by atoms with E-state index in [1.807, 2.05) is 6.92 Å². The minimum atomic E-state index is -0.763. The molecule has 2 N–H and O–H groups in total. The molecule has 0 saturated carbocycles. The Labute approximate surface area is 116 Å². The summed E-state index contributed by atoms with van der Waals surface area (Å²) in [5.41, 5.74) is 1.28. The lowest BCUT2D eigenvalue weighted by Crippen LogP contribution is -2.39. The van der Waals surface area contributed by atoms with Gasteiger partial charge in [0.15, 0.2) is 0 Å². The zero-order chi connectivity index (χ0) is 14.7. The molecule has 6 heteroatoms. The highest BCUT2D eigenvalue weighted by Crippen LogP contribution is 2.22. The van der Waals surface area contributed by atoms with E-state index in [-0.39, 0.29) is 23.0 Å². The summed E-state index contributed by atoms with van der Waals surface area (Å²) in [5.74, 6) is -1.53. The predicted octanol–water partition coefficient (Wildman–Crippen LogP) is 1.73. The van der Waals surface area contributed by atoms with E-state index < -0.39 is 11.8 Å². The van der Waals surface area contributed by atoms with Gasteiger partial charge in [-0.1, -0.05) is 19.4 Å². The Morgan fingerprint density at radius 2 is 2.15 bits per heavy atom. The number of benzene rings is 1. The van der Waals surface area contributed by atoms with Gasteiger partial charge in [-0.05, 0) is 24.1 Å². The maximum Gasteiger partial charge on any atom is 0.284 e. The standard InChI is InChI=1S/C14H16N2O4/c1-2-3-4-12(17)15-10-6-5-9-7-13(18)16(20)14(19)11(9)8-10/h5-6,8,20H,2-4,7H2,1H3,(H,15,17). The molecule has 0 saturated heterocycles. The third kappa shape index (κ3) is 2.85. The number of fused-ring (bicyclic) bond motifs is 1. The van der Waals surface area contributed by atoms with Gasteiger partial charge in [0.05, 0.1) is 6.42 Å². The van der Waals surface area contributed by atoms with E-state index in [2.05, 4.69) is 5.32 Å². The fraction of sp³-hybridized carbons (Fsp3) is 0.357. The van der Waals surface area contributed by atoms with Gasteiger partial charge in [-0.15, -0.1) is 0 Å². The van der Waals surface area contributed by atoms with E-state index in [4.69, 9.17) is 0 Å². The van der Waals surface area contributed by atoms with Gasteiger partial charge < -0.3 is 5.32 Å². The second-order valence-electron chi connectivity index (χ2n) is 4.71. The van der Waals surface area contributed by atoms with Crippen molar-refractivity contribution in [2.45, 2.75) is 32.6 Å². The van der Waals surface area contributed by atoms with Gasteiger partial charge in [0, 0.05) is 17.7 Å². The predicted molar refractivity (Wildman–Crippen MR) is 71.3 cm³/mol. The quantitative estimate of drug-likeness (QED) is 0.647. The largest absolute Gasteiger partial charge is 0.326 e. The molecule has 106 valence electrons. The minimum absolute atomic E-state index is 0.0262. The van der Waals surface area contributed by atoms with E-state index >= 15 is 0 Å². The highest BCUT2D eigenvalue weighted by molar-refractivity contribution is 6.09. The van der Waals surface area contributed by atoms with Gasteiger partial charge in [-0.3, -0.25) is 19.6 Å². The summed E-state index contributed by atoms with van der Waals surface area (Å²) in [6, 6.07) is 4.75. The Hall–Kier alpha value is -2.21. The minimum Gasteiger partial charge on any atom is -0.326 e. The van der Waals surface area contributed by atoms with Gasteiger partial charge in [0.2, 0.25) is 5.91 Å². The van der Waals surface area contributed by atoms with Crippen LogP contribution in [-0.2, 0) is 16.0 Å². The average Bonchev–Trinajstić information content (AvgIpc) is 2.43. The molecule has 1 aliphatic heterocycles. The van der Waals surface area contributed by atoms with Crippen LogP contribution in [-0.4, -0.2) is 28.0 Å². The molecule has 1 aliphatic rings. The maximum absolute atomic E-state index is 11.8. The number of imide groups is 1. The van der Waals surface area contributed by atoms with Gasteiger partial charge in [0.25, 0.3) is 11.8 Å². The van der Waals surface area contributed by atoms with E-state index in [9.17, 15) is 19.6 Å². The van der Waals surface area contributed by atoms with Crippen molar-refractivity contribution in [1.29, 1.82) is 0 Å². The first kappa shape index (κ1) is 14.2. The summed E-state index contributed by atoms with van der Waals surface area (Å²) in [5, 5.41) is 12.1. The van der Waals surface area contributed by atoms with E-state index in [1.54, 1.807) is 12.1 Å². The Morgan fingerprint density at radius 3 is 2.85 bits per heavy atom. The molecule has 2 rings (SSSR count). The number of nitrogens with zero attached hydrogens (tertiary/aromatic N) is 1. The number of hydrogen-bond donors (Lipinski definition) is 2. The van der Waals surface area contributed by atoms with Gasteiger partial charge in [-0.25, -0.2) is 0 Å². The maximum atomic E-state index is 11.8. The molecule has 20 heavy (non-hydrogen) atoms. The lowest BCUT2D eigenvalue weighted by atomic mass is 9.99. The molecule has 0 radical (unpaired) electrons. The zero-order valence-corrected chi connectivity index (χ0v) is 11.2. The first-order valence-electron chi connectivity index (χ1n) is 6.52. The smallest absolute Gasteiger partial charge is 0.284 e. The molecule has 0 aliphatic carbocycles. The summed E-state index contributed by atoms with van der Waals surface area (Å²) < 4.78 is 0. The Kier molecular flexibility index (Phi) is 4.14. The number of nitrogens with one attached hydrogen (secondary N) is 1. The van der Waals surface area contributed by atoms with Gasteiger partial charge in [0.1, 0.15) is 0 Å². The van der Waals surface area contributed by atoms with Crippen molar-refractivity contribution in [3.8, 4) is 0 Å². The Morgan fingerprint density at radius 1 is 1.40 bits per heavy atom. The second kappa shape index (κ2) is 5.83. The highest BCUT2D eigenvalue weighted by Gasteiger charge is 2.30. The number of amides is 3. The van der Waals surface area contributed by atoms with Crippen LogP contribution in [0.15, 0.2) is 18.2 Å². The number of hydrogen-bond acceptors (Lipinski definition) is 4. The average molecular weight is 276 g/mol. The summed E-state index contributed by atoms with van der Waals surface area (Å²) in [6.45, 7) is 2.00. The molecule has 3 amide bonds. The highest BCUT2D eigenvalue weighted by atomic mass is 16.5. The number of carbonyl (C=O) groups is 3. The zero-order valence-electron chi connectivity index (χ0n) is 11.2. The monoisotopic (exact) mass is 276 g/mol. The molecule has 1 heterocycles. The van der Waals surface area contributed by atoms with E-state index in [1.165, 1.54) is 6.07 Å². The third-order valence-corrected chi connectivity index (χ3v) is 3.15. The molecule has 0 aromatic heterocycles. The van der Waals surface area contributed by atoms with Crippen molar-refractivity contribution in [2.75, 3.05) is 5.32 Å². The molecule has 1 aromatic rings. The summed E-state index contributed by atoms with van der Waals surface area (Å²) in [4.78, 5) is 34.7. The molecule has 6 nitrogen and oxygen atoms in total. The lowest BCUT2D eigenvalue weighted by Gasteiger charge is -2.21. The van der Waals surface area contributed by atoms with Crippen LogP contribution in [0.2, 0.25) is 0 Å². The van der Waals surface area contributed by atoms with Crippen LogP contribution in [0.5, 0.6) is 0 Å². The fourth-order valence-electron chi connectivity index (χ4n) is 2.03. The van der Waals surface area contributed by atoms with Gasteiger partial charge in [-0.2, -0.15) is 5.06 Å². The number of unbranched alkanes of at least 4 members (excludes halogenated alkanes) is 1. The van der Waals surface area contributed by atoms with Crippen LogP contribution in [0.4, 0.5) is 5.69 Å². The van der Waals surface area contributed by atoms with Crippen molar-refractivity contribution in [1.82, 2.24) is 5.06 Å². The fourth-order valence-corrected chi connectivity index (χ4v) is 2.03. The number of carbonyl (C=O) groups excluding carboxylic acids is 3. The Balaban J connectivity index is 2.17. The molecule has 0 atom stereocenters. The van der Waals surface area contributed by atoms with Gasteiger partial charge >= 0.3 is 0 Å². The van der Waals surface area contributed by atoms with Crippen LogP contribution >= 0.6 is 0 Å². The molecule has 0 fully saturated rings. The Bertz CT molecular complexity index is 568. The summed E-state index contributed by atoms with van der Waals surface area (Å²) >= 11 is 0.